The Hall–Kier alpha value is -4.30. The zero-order valence-corrected chi connectivity index (χ0v) is 31.7. The number of carbonyl (C=O) groups is 3. The number of halogens is 6. The fourth-order valence-electron chi connectivity index (χ4n) is 6.84. The molecule has 0 saturated carbocycles. The molecule has 6 rings (SSSR count). The molecule has 302 valence electrons. The first-order chi connectivity index (χ1) is 26.5. The van der Waals surface area contributed by atoms with Crippen LogP contribution in [0.15, 0.2) is 52.6 Å². The summed E-state index contributed by atoms with van der Waals surface area (Å²) in [6, 6.07) is 11.7. The number of ether oxygens (including phenoxy) is 3. The van der Waals surface area contributed by atoms with Crippen LogP contribution in [-0.2, 0) is 38.4 Å². The average molecular weight is 829 g/mol. The Morgan fingerprint density at radius 3 is 2.43 bits per heavy atom. The number of H-pyrrole nitrogens is 1. The summed E-state index contributed by atoms with van der Waals surface area (Å²) in [6.45, 7) is 5.78. The lowest BCUT2D eigenvalue weighted by atomic mass is 9.89. The summed E-state index contributed by atoms with van der Waals surface area (Å²) in [5.74, 6) is -5.71. The molecule has 0 radical (unpaired) electrons. The molecule has 56 heavy (non-hydrogen) atoms. The Morgan fingerprint density at radius 1 is 1.00 bits per heavy atom. The van der Waals surface area contributed by atoms with E-state index in [1.807, 2.05) is 40.6 Å². The molecule has 1 amide bonds. The van der Waals surface area contributed by atoms with E-state index in [1.165, 1.54) is 4.88 Å². The third-order valence-electron chi connectivity index (χ3n) is 9.70. The molecule has 2 aromatic carbocycles. The van der Waals surface area contributed by atoms with E-state index in [0.717, 1.165) is 61.2 Å². The first-order valence-electron chi connectivity index (χ1n) is 17.8. The molecular formula is C37H38F6N4O7S2. The van der Waals surface area contributed by atoms with Gasteiger partial charge in [0.05, 0.1) is 29.0 Å². The van der Waals surface area contributed by atoms with Crippen molar-refractivity contribution in [2.24, 2.45) is 0 Å². The highest BCUT2D eigenvalue weighted by atomic mass is 32.1. The van der Waals surface area contributed by atoms with E-state index in [4.69, 9.17) is 9.47 Å². The summed E-state index contributed by atoms with van der Waals surface area (Å²) in [6.07, 6.45) is -9.45. The largest absolute Gasteiger partial charge is 0.491 e. The molecule has 2 aliphatic heterocycles. The molecule has 0 aliphatic carbocycles. The number of nitrogens with one attached hydrogen (secondary N) is 2. The van der Waals surface area contributed by atoms with Crippen LogP contribution in [0.2, 0.25) is 0 Å². The maximum absolute atomic E-state index is 13.2. The molecule has 11 nitrogen and oxygen atoms in total. The molecule has 1 spiro atoms. The number of benzene rings is 2. The number of likely N-dealkylation sites (tertiary alicyclic amines) is 1. The number of rotatable bonds is 12. The van der Waals surface area contributed by atoms with Crippen LogP contribution in [0.5, 0.6) is 5.75 Å². The van der Waals surface area contributed by atoms with Crippen LogP contribution in [0.25, 0.3) is 10.2 Å². The van der Waals surface area contributed by atoms with E-state index in [9.17, 15) is 45.5 Å². The van der Waals surface area contributed by atoms with Crippen LogP contribution in [0, 0.1) is 0 Å². The molecule has 2 fully saturated rings. The standard InChI is InChI=1S/C37H38F6N4O7S2/c1-2-25-17-24(20-55-25)31(48)47-14-15-52-35(21-47)9-12-46(13-10-35)19-23-5-3-4-22(16-23)8-11-44-18-28(54-33(50)37(41,42)43)26-6-7-27(53-32(49)36(38,39)40)29-30(26)56-34(51)45-29/h3-7,16-17,20,28,44H,2,8-15,18-19,21H2,1H3,(H,45,51)/t28-/m0/s1. The number of thiophene rings is 1. The van der Waals surface area contributed by atoms with Gasteiger partial charge in [-0.15, -0.1) is 11.3 Å². The highest BCUT2D eigenvalue weighted by Crippen LogP contribution is 2.36. The molecule has 2 N–H and O–H groups in total. The Balaban J connectivity index is 1.05. The van der Waals surface area contributed by atoms with Gasteiger partial charge in [0.1, 0.15) is 11.6 Å². The first kappa shape index (κ1) is 41.3. The minimum atomic E-state index is -5.36. The molecule has 1 atom stereocenters. The smallest absolute Gasteiger partial charge is 0.449 e. The number of esters is 2. The van der Waals surface area contributed by atoms with Gasteiger partial charge in [-0.25, -0.2) is 9.59 Å². The number of aromatic amines is 1. The van der Waals surface area contributed by atoms with Crippen LogP contribution in [0.1, 0.15) is 57.8 Å². The normalized spacial score (nSPS) is 16.9. The van der Waals surface area contributed by atoms with Crippen molar-refractivity contribution in [3.63, 3.8) is 0 Å². The number of hydrogen-bond donors (Lipinski definition) is 2. The number of hydrogen-bond acceptors (Lipinski definition) is 11. The van der Waals surface area contributed by atoms with E-state index < -0.39 is 41.0 Å². The number of amides is 1. The lowest BCUT2D eigenvalue weighted by molar-refractivity contribution is -0.205. The van der Waals surface area contributed by atoms with Crippen LogP contribution >= 0.6 is 22.7 Å². The molecule has 2 aromatic heterocycles. The summed E-state index contributed by atoms with van der Waals surface area (Å²) in [5.41, 5.74) is 1.84. The minimum Gasteiger partial charge on any atom is -0.449 e. The monoisotopic (exact) mass is 828 g/mol. The summed E-state index contributed by atoms with van der Waals surface area (Å²) >= 11 is 2.04. The Morgan fingerprint density at radius 2 is 1.73 bits per heavy atom. The number of carbonyl (C=O) groups excluding carboxylic acids is 3. The van der Waals surface area contributed by atoms with Crippen LogP contribution in [-0.4, -0.2) is 96.5 Å². The number of piperidine rings is 1. The summed E-state index contributed by atoms with van der Waals surface area (Å²) in [5, 5.41) is 4.90. The van der Waals surface area contributed by atoms with Crippen molar-refractivity contribution in [3.8, 4) is 5.75 Å². The Bertz CT molecular complexity index is 2110. The van der Waals surface area contributed by atoms with Crippen LogP contribution in [0.4, 0.5) is 26.3 Å². The number of nitrogens with zero attached hydrogens (tertiary/aromatic N) is 2. The molecular weight excluding hydrogens is 791 g/mol. The number of alkyl halides is 6. The number of thiazole rings is 1. The molecule has 4 heterocycles. The number of aromatic nitrogens is 1. The van der Waals surface area contributed by atoms with Crippen molar-refractivity contribution in [1.29, 1.82) is 0 Å². The molecule has 0 unspecified atom stereocenters. The average Bonchev–Trinajstić information content (AvgIpc) is 3.80. The molecule has 0 bridgehead atoms. The zero-order chi connectivity index (χ0) is 40.3. The number of morpholine rings is 1. The van der Waals surface area contributed by atoms with Crippen molar-refractivity contribution < 1.29 is 54.9 Å². The summed E-state index contributed by atoms with van der Waals surface area (Å²) in [4.78, 5) is 55.6. The lowest BCUT2D eigenvalue weighted by Gasteiger charge is -2.47. The predicted octanol–water partition coefficient (Wildman–Crippen LogP) is 6.17. The minimum absolute atomic E-state index is 0.0392. The fraction of sp³-hybridized carbons (Fsp3) is 0.459. The molecule has 2 saturated heterocycles. The van der Waals surface area contributed by atoms with Crippen LogP contribution in [0.3, 0.4) is 0 Å². The quantitative estimate of drug-likeness (QED) is 0.0746. The van der Waals surface area contributed by atoms with Gasteiger partial charge in [-0.3, -0.25) is 14.5 Å². The maximum atomic E-state index is 13.2. The SMILES string of the molecule is CCc1cc(C(=O)N2CCOC3(CCN(Cc4cccc(CCNC[C@H](OC(=O)C(F)(F)F)c5ccc(OC(=O)C(F)(F)F)c6[nH]c(=O)sc56)c4)CC3)C2)cs1. The summed E-state index contributed by atoms with van der Waals surface area (Å²) in [7, 11) is 0. The number of aryl methyl sites for hydroxylation is 1. The van der Waals surface area contributed by atoms with Gasteiger partial charge in [0, 0.05) is 48.5 Å². The predicted molar refractivity (Wildman–Crippen MR) is 195 cm³/mol. The zero-order valence-electron chi connectivity index (χ0n) is 30.0. The third-order valence-corrected chi connectivity index (χ3v) is 11.7. The molecule has 4 aromatic rings. The second-order valence-corrected chi connectivity index (χ2v) is 15.6. The van der Waals surface area contributed by atoms with Gasteiger partial charge in [-0.2, -0.15) is 26.3 Å². The van der Waals surface area contributed by atoms with Gasteiger partial charge in [0.2, 0.25) is 0 Å². The second-order valence-electron chi connectivity index (χ2n) is 13.6. The second kappa shape index (κ2) is 17.1. The van der Waals surface area contributed by atoms with E-state index in [2.05, 4.69) is 26.9 Å². The van der Waals surface area contributed by atoms with Crippen molar-refractivity contribution in [1.82, 2.24) is 20.1 Å². The highest BCUT2D eigenvalue weighted by Gasteiger charge is 2.44. The van der Waals surface area contributed by atoms with E-state index in [0.29, 0.717) is 44.0 Å². The Labute approximate surface area is 324 Å². The van der Waals surface area contributed by atoms with Gasteiger partial charge >= 0.3 is 29.2 Å². The topological polar surface area (TPSA) is 130 Å². The van der Waals surface area contributed by atoms with Gasteiger partial charge in [0.25, 0.3) is 5.91 Å². The highest BCUT2D eigenvalue weighted by molar-refractivity contribution is 7.16. The number of fused-ring (bicyclic) bond motifs is 1. The van der Waals surface area contributed by atoms with Crippen molar-refractivity contribution in [2.45, 2.75) is 63.2 Å². The Kier molecular flexibility index (Phi) is 12.6. The van der Waals surface area contributed by atoms with E-state index in [-0.39, 0.29) is 40.4 Å². The van der Waals surface area contributed by atoms with Crippen molar-refractivity contribution in [2.75, 3.05) is 45.9 Å². The van der Waals surface area contributed by atoms with Gasteiger partial charge in [0.15, 0.2) is 5.75 Å². The van der Waals surface area contributed by atoms with E-state index in [1.54, 1.807) is 11.3 Å². The van der Waals surface area contributed by atoms with Crippen LogP contribution < -0.4 is 14.9 Å². The van der Waals surface area contributed by atoms with E-state index >= 15 is 0 Å². The lowest BCUT2D eigenvalue weighted by Crippen LogP contribution is -2.57. The van der Waals surface area contributed by atoms with Gasteiger partial charge in [-0.05, 0) is 61.6 Å². The van der Waals surface area contributed by atoms with Crippen molar-refractivity contribution >= 4 is 50.7 Å². The molecule has 2 aliphatic rings. The van der Waals surface area contributed by atoms with Crippen molar-refractivity contribution in [3.05, 3.63) is 84.6 Å². The first-order valence-corrected chi connectivity index (χ1v) is 19.5. The van der Waals surface area contributed by atoms with Gasteiger partial charge < -0.3 is 29.4 Å². The van der Waals surface area contributed by atoms with Gasteiger partial charge in [-0.1, -0.05) is 42.5 Å². The maximum Gasteiger partial charge on any atom is 0.491 e. The third kappa shape index (κ3) is 9.98. The molecule has 19 heteroatoms. The summed E-state index contributed by atoms with van der Waals surface area (Å²) < 4.78 is 93.6. The fourth-order valence-corrected chi connectivity index (χ4v) is 8.56.